The molecule has 7 heteroatoms. The highest BCUT2D eigenvalue weighted by Crippen LogP contribution is 2.51. The summed E-state index contributed by atoms with van der Waals surface area (Å²) in [6.45, 7) is 1.55. The number of benzene rings is 1. The lowest BCUT2D eigenvalue weighted by atomic mass is 9.60. The van der Waals surface area contributed by atoms with E-state index in [4.69, 9.17) is 0 Å². The van der Waals surface area contributed by atoms with Gasteiger partial charge in [0.05, 0.1) is 5.39 Å². The number of hydrogen-bond donors (Lipinski definition) is 1. The molecule has 2 fully saturated rings. The minimum absolute atomic E-state index is 0.0118. The molecule has 1 saturated carbocycles. The van der Waals surface area contributed by atoms with Gasteiger partial charge in [0.1, 0.15) is 23.6 Å². The predicted octanol–water partition coefficient (Wildman–Crippen LogP) is 2.84. The van der Waals surface area contributed by atoms with Crippen LogP contribution >= 0.6 is 0 Å². The fraction of sp³-hybridized carbons (Fsp3) is 0.350. The Kier molecular flexibility index (Phi) is 3.47. The van der Waals surface area contributed by atoms with Gasteiger partial charge >= 0.3 is 0 Å². The monoisotopic (exact) mass is 365 g/mol. The van der Waals surface area contributed by atoms with E-state index in [1.807, 2.05) is 17.2 Å². The van der Waals surface area contributed by atoms with Gasteiger partial charge in [0.15, 0.2) is 0 Å². The average Bonchev–Trinajstić information content (AvgIpc) is 3.08. The van der Waals surface area contributed by atoms with Crippen LogP contribution in [0.2, 0.25) is 0 Å². The number of H-pyrrole nitrogens is 1. The predicted molar refractivity (Wildman–Crippen MR) is 100 cm³/mol. The highest BCUT2D eigenvalue weighted by Gasteiger charge is 2.54. The van der Waals surface area contributed by atoms with Crippen LogP contribution in [0.15, 0.2) is 42.9 Å². The molecule has 1 aromatic carbocycles. The summed E-state index contributed by atoms with van der Waals surface area (Å²) >= 11 is 0. The SMILES string of the molecule is CN(c1ncnc2[nH]ccc12)C1CC2(C1)CN(C(=O)c1ccc(F)cc1)C2. The van der Waals surface area contributed by atoms with Crippen molar-refractivity contribution < 1.29 is 9.18 Å². The third-order valence-electron chi connectivity index (χ3n) is 5.98. The molecule has 1 N–H and O–H groups in total. The maximum Gasteiger partial charge on any atom is 0.253 e. The molecule has 0 unspecified atom stereocenters. The van der Waals surface area contributed by atoms with Crippen molar-refractivity contribution in [1.82, 2.24) is 19.9 Å². The first kappa shape index (κ1) is 16.2. The molecule has 2 aromatic heterocycles. The Morgan fingerprint density at radius 3 is 2.70 bits per heavy atom. The van der Waals surface area contributed by atoms with Gasteiger partial charge in [-0.25, -0.2) is 14.4 Å². The first-order valence-corrected chi connectivity index (χ1v) is 9.10. The molecule has 27 heavy (non-hydrogen) atoms. The summed E-state index contributed by atoms with van der Waals surface area (Å²) in [5, 5.41) is 1.03. The van der Waals surface area contributed by atoms with Gasteiger partial charge in [0, 0.05) is 43.4 Å². The minimum atomic E-state index is -0.322. The van der Waals surface area contributed by atoms with Crippen molar-refractivity contribution in [2.75, 3.05) is 25.0 Å². The molecular weight excluding hydrogens is 345 g/mol. The van der Waals surface area contributed by atoms with Crippen molar-refractivity contribution in [1.29, 1.82) is 0 Å². The summed E-state index contributed by atoms with van der Waals surface area (Å²) in [7, 11) is 2.08. The van der Waals surface area contributed by atoms with Gasteiger partial charge in [-0.2, -0.15) is 0 Å². The van der Waals surface area contributed by atoms with E-state index in [2.05, 4.69) is 26.9 Å². The highest BCUT2D eigenvalue weighted by molar-refractivity contribution is 5.95. The Morgan fingerprint density at radius 1 is 1.22 bits per heavy atom. The van der Waals surface area contributed by atoms with Crippen LogP contribution < -0.4 is 4.90 Å². The Bertz CT molecular complexity index is 1000. The number of rotatable bonds is 3. The molecule has 0 atom stereocenters. The second-order valence-electron chi connectivity index (χ2n) is 7.78. The van der Waals surface area contributed by atoms with Crippen molar-refractivity contribution in [2.24, 2.45) is 5.41 Å². The summed E-state index contributed by atoms with van der Waals surface area (Å²) in [5.74, 6) is 0.611. The van der Waals surface area contributed by atoms with Gasteiger partial charge in [-0.05, 0) is 43.2 Å². The number of carbonyl (C=O) groups excluding carboxylic acids is 1. The van der Waals surface area contributed by atoms with Crippen molar-refractivity contribution in [3.63, 3.8) is 0 Å². The number of likely N-dealkylation sites (tertiary alicyclic amines) is 1. The maximum atomic E-state index is 13.0. The van der Waals surface area contributed by atoms with Gasteiger partial charge in [0.25, 0.3) is 5.91 Å². The molecular formula is C20H20FN5O. The molecule has 6 nitrogen and oxygen atoms in total. The second-order valence-corrected chi connectivity index (χ2v) is 7.78. The number of carbonyl (C=O) groups is 1. The molecule has 5 rings (SSSR count). The Hall–Kier alpha value is -2.96. The summed E-state index contributed by atoms with van der Waals surface area (Å²) in [5.41, 5.74) is 1.62. The number of amides is 1. The number of fused-ring (bicyclic) bond motifs is 1. The smallest absolute Gasteiger partial charge is 0.253 e. The lowest BCUT2D eigenvalue weighted by Crippen LogP contribution is -2.67. The average molecular weight is 365 g/mol. The largest absolute Gasteiger partial charge is 0.356 e. The van der Waals surface area contributed by atoms with E-state index in [-0.39, 0.29) is 17.1 Å². The third kappa shape index (κ3) is 2.57. The van der Waals surface area contributed by atoms with Crippen LogP contribution in [-0.4, -0.2) is 51.9 Å². The number of hydrogen-bond acceptors (Lipinski definition) is 4. The number of aromatic nitrogens is 3. The fourth-order valence-electron chi connectivity index (χ4n) is 4.47. The third-order valence-corrected chi connectivity index (χ3v) is 5.98. The van der Waals surface area contributed by atoms with Gasteiger partial charge in [-0.15, -0.1) is 0 Å². The van der Waals surface area contributed by atoms with E-state index >= 15 is 0 Å². The highest BCUT2D eigenvalue weighted by atomic mass is 19.1. The number of aromatic amines is 1. The topological polar surface area (TPSA) is 65.1 Å². The van der Waals surface area contributed by atoms with E-state index in [9.17, 15) is 9.18 Å². The fourth-order valence-corrected chi connectivity index (χ4v) is 4.47. The molecule has 2 aliphatic rings. The Labute approximate surface area is 156 Å². The quantitative estimate of drug-likeness (QED) is 0.775. The van der Waals surface area contributed by atoms with Crippen molar-refractivity contribution in [2.45, 2.75) is 18.9 Å². The van der Waals surface area contributed by atoms with Crippen LogP contribution in [0.25, 0.3) is 11.0 Å². The van der Waals surface area contributed by atoms with Crippen LogP contribution in [-0.2, 0) is 0 Å². The molecule has 1 saturated heterocycles. The van der Waals surface area contributed by atoms with E-state index in [0.29, 0.717) is 11.6 Å². The zero-order valence-corrected chi connectivity index (χ0v) is 15.0. The number of nitrogens with zero attached hydrogens (tertiary/aromatic N) is 4. The second kappa shape index (κ2) is 5.77. The van der Waals surface area contributed by atoms with Crippen molar-refractivity contribution >= 4 is 22.8 Å². The van der Waals surface area contributed by atoms with E-state index < -0.39 is 0 Å². The number of anilines is 1. The van der Waals surface area contributed by atoms with Crippen LogP contribution in [0, 0.1) is 11.2 Å². The molecule has 1 spiro atoms. The zero-order valence-electron chi connectivity index (χ0n) is 15.0. The number of nitrogens with one attached hydrogen (secondary N) is 1. The molecule has 138 valence electrons. The van der Waals surface area contributed by atoms with E-state index in [1.165, 1.54) is 12.1 Å². The standard InChI is InChI=1S/C20H20FN5O/c1-25(18-16-6-7-22-17(16)23-12-24-18)15-8-20(9-15)10-26(11-20)19(27)13-2-4-14(21)5-3-13/h2-7,12,15H,8-11H2,1H3,(H,22,23,24). The van der Waals surface area contributed by atoms with Gasteiger partial charge in [-0.3, -0.25) is 4.79 Å². The summed E-state index contributed by atoms with van der Waals surface area (Å²) in [6, 6.07) is 8.19. The van der Waals surface area contributed by atoms with E-state index in [0.717, 1.165) is 42.8 Å². The minimum Gasteiger partial charge on any atom is -0.356 e. The number of halogens is 1. The van der Waals surface area contributed by atoms with Crippen LogP contribution in [0.1, 0.15) is 23.2 Å². The maximum absolute atomic E-state index is 13.0. The van der Waals surface area contributed by atoms with Gasteiger partial charge < -0.3 is 14.8 Å². The normalized spacial score (nSPS) is 18.4. The molecule has 3 aromatic rings. The zero-order chi connectivity index (χ0) is 18.6. The van der Waals surface area contributed by atoms with Crippen molar-refractivity contribution in [3.8, 4) is 0 Å². The summed E-state index contributed by atoms with van der Waals surface area (Å²) in [4.78, 5) is 28.4. The molecule has 1 aliphatic carbocycles. The molecule has 1 amide bonds. The van der Waals surface area contributed by atoms with Gasteiger partial charge in [0.2, 0.25) is 0 Å². The van der Waals surface area contributed by atoms with Crippen LogP contribution in [0.3, 0.4) is 0 Å². The summed E-state index contributed by atoms with van der Waals surface area (Å²) < 4.78 is 13.0. The molecule has 0 bridgehead atoms. The van der Waals surface area contributed by atoms with Gasteiger partial charge in [-0.1, -0.05) is 0 Å². The Morgan fingerprint density at radius 2 is 1.96 bits per heavy atom. The Balaban J connectivity index is 1.22. The molecule has 1 aliphatic heterocycles. The first-order valence-electron chi connectivity index (χ1n) is 9.10. The van der Waals surface area contributed by atoms with Crippen LogP contribution in [0.5, 0.6) is 0 Å². The van der Waals surface area contributed by atoms with Crippen molar-refractivity contribution in [3.05, 3.63) is 54.2 Å². The first-order chi connectivity index (χ1) is 13.0. The molecule has 0 radical (unpaired) electrons. The van der Waals surface area contributed by atoms with Crippen LogP contribution in [0.4, 0.5) is 10.2 Å². The summed E-state index contributed by atoms with van der Waals surface area (Å²) in [6.07, 6.45) is 5.56. The lowest BCUT2D eigenvalue weighted by Gasteiger charge is -2.60. The van der Waals surface area contributed by atoms with E-state index in [1.54, 1.807) is 18.5 Å². The molecule has 3 heterocycles. The lowest BCUT2D eigenvalue weighted by molar-refractivity contribution is -0.0541.